The molecule has 0 radical (unpaired) electrons. The fourth-order valence-corrected chi connectivity index (χ4v) is 4.72. The van der Waals surface area contributed by atoms with Crippen LogP contribution in [0.5, 0.6) is 0 Å². The van der Waals surface area contributed by atoms with Crippen molar-refractivity contribution in [2.24, 2.45) is 0 Å². The number of nitrogens with one attached hydrogen (secondary N) is 2. The van der Waals surface area contributed by atoms with Gasteiger partial charge in [-0.3, -0.25) is 24.1 Å². The highest BCUT2D eigenvalue weighted by Gasteiger charge is 2.31. The Hall–Kier alpha value is -4.10. The van der Waals surface area contributed by atoms with Crippen molar-refractivity contribution < 1.29 is 19.2 Å². The average molecular weight is 496 g/mol. The molecule has 188 valence electrons. The van der Waals surface area contributed by atoms with Gasteiger partial charge in [0.05, 0.1) is 6.54 Å². The van der Waals surface area contributed by atoms with Crippen LogP contribution in [0.2, 0.25) is 0 Å². The highest BCUT2D eigenvalue weighted by Crippen LogP contribution is 2.30. The molecule has 7 heteroatoms. The van der Waals surface area contributed by atoms with Gasteiger partial charge >= 0.3 is 0 Å². The van der Waals surface area contributed by atoms with Crippen LogP contribution in [-0.2, 0) is 9.59 Å². The molecule has 7 nitrogen and oxygen atoms in total. The molecule has 0 aromatic heterocycles. The number of nitrogens with zero attached hydrogens (tertiary/aromatic N) is 1. The number of amides is 2. The normalized spacial score (nSPS) is 14.2. The molecule has 0 saturated heterocycles. The molecule has 1 fully saturated rings. The quantitative estimate of drug-likeness (QED) is 0.375. The average Bonchev–Trinajstić information content (AvgIpc) is 3.73. The van der Waals surface area contributed by atoms with Crippen LogP contribution >= 0.6 is 0 Å². The van der Waals surface area contributed by atoms with Crippen LogP contribution in [0, 0.1) is 13.8 Å². The lowest BCUT2D eigenvalue weighted by atomic mass is 9.84. The zero-order valence-corrected chi connectivity index (χ0v) is 21.0. The number of carbonyl (C=O) groups is 4. The number of aryl methyl sites for hydroxylation is 2. The van der Waals surface area contributed by atoms with E-state index < -0.39 is 0 Å². The minimum absolute atomic E-state index is 0.0980. The lowest BCUT2D eigenvalue weighted by Crippen LogP contribution is -2.37. The zero-order chi connectivity index (χ0) is 26.1. The van der Waals surface area contributed by atoms with Crippen molar-refractivity contribution in [2.45, 2.75) is 39.2 Å². The molecule has 0 spiro atoms. The number of carbonyl (C=O) groups excluding carboxylic acids is 4. The number of fused-ring (bicyclic) bond motifs is 2. The van der Waals surface area contributed by atoms with Crippen LogP contribution in [0.4, 0.5) is 11.4 Å². The number of hydrogen-bond donors (Lipinski definition) is 2. The van der Waals surface area contributed by atoms with E-state index >= 15 is 0 Å². The lowest BCUT2D eigenvalue weighted by molar-refractivity contribution is -0.119. The summed E-state index contributed by atoms with van der Waals surface area (Å²) in [6.07, 6.45) is 2.24. The predicted molar refractivity (Wildman–Crippen MR) is 142 cm³/mol. The van der Waals surface area contributed by atoms with E-state index in [1.165, 1.54) is 0 Å². The van der Waals surface area contributed by atoms with E-state index in [0.29, 0.717) is 40.5 Å². The Kier molecular flexibility index (Phi) is 6.72. The molecule has 3 aromatic rings. The summed E-state index contributed by atoms with van der Waals surface area (Å²) in [5, 5.41) is 5.84. The smallest absolute Gasteiger partial charge is 0.238 e. The molecule has 0 bridgehead atoms. The second-order valence-corrected chi connectivity index (χ2v) is 9.83. The van der Waals surface area contributed by atoms with Crippen molar-refractivity contribution in [3.05, 3.63) is 94.0 Å². The van der Waals surface area contributed by atoms with Crippen LogP contribution in [0.15, 0.2) is 60.7 Å². The molecule has 0 unspecified atom stereocenters. The highest BCUT2D eigenvalue weighted by atomic mass is 16.2. The third-order valence-electron chi connectivity index (χ3n) is 6.91. The van der Waals surface area contributed by atoms with Crippen LogP contribution < -0.4 is 10.6 Å². The second-order valence-electron chi connectivity index (χ2n) is 9.83. The van der Waals surface area contributed by atoms with Crippen molar-refractivity contribution >= 4 is 34.8 Å². The largest absolute Gasteiger partial charge is 0.326 e. The molecule has 2 amide bonds. The maximum absolute atomic E-state index is 13.0. The van der Waals surface area contributed by atoms with Gasteiger partial charge in [0, 0.05) is 52.6 Å². The van der Waals surface area contributed by atoms with Gasteiger partial charge in [0.2, 0.25) is 11.8 Å². The Morgan fingerprint density at radius 3 is 2.19 bits per heavy atom. The monoisotopic (exact) mass is 495 g/mol. The van der Waals surface area contributed by atoms with Crippen LogP contribution in [0.25, 0.3) is 0 Å². The van der Waals surface area contributed by atoms with E-state index in [1.807, 2.05) is 36.9 Å². The molecule has 0 heterocycles. The summed E-state index contributed by atoms with van der Waals surface area (Å²) < 4.78 is 0. The number of hydrogen-bond acceptors (Lipinski definition) is 5. The Bertz CT molecular complexity index is 1420. The van der Waals surface area contributed by atoms with Crippen molar-refractivity contribution in [3.8, 4) is 0 Å². The molecule has 2 aliphatic carbocycles. The highest BCUT2D eigenvalue weighted by molar-refractivity contribution is 6.28. The molecule has 0 aliphatic heterocycles. The van der Waals surface area contributed by atoms with E-state index in [-0.39, 0.29) is 36.3 Å². The maximum Gasteiger partial charge on any atom is 0.238 e. The van der Waals surface area contributed by atoms with Crippen molar-refractivity contribution in [3.63, 3.8) is 0 Å². The Balaban J connectivity index is 1.20. The number of benzene rings is 3. The molecule has 37 heavy (non-hydrogen) atoms. The number of anilines is 2. The summed E-state index contributed by atoms with van der Waals surface area (Å²) in [4.78, 5) is 53.3. The third kappa shape index (κ3) is 5.37. The van der Waals surface area contributed by atoms with Crippen molar-refractivity contribution in [1.82, 2.24) is 4.90 Å². The molecule has 3 aromatic carbocycles. The molecular formula is C30H29N3O4. The van der Waals surface area contributed by atoms with Crippen molar-refractivity contribution in [2.75, 3.05) is 23.7 Å². The molecule has 2 N–H and O–H groups in total. The van der Waals surface area contributed by atoms with Gasteiger partial charge in [-0.05, 0) is 62.1 Å². The fourth-order valence-electron chi connectivity index (χ4n) is 4.72. The van der Waals surface area contributed by atoms with Gasteiger partial charge in [0.15, 0.2) is 11.6 Å². The molecular weight excluding hydrogens is 466 g/mol. The summed E-state index contributed by atoms with van der Waals surface area (Å²) in [7, 11) is 0. The summed E-state index contributed by atoms with van der Waals surface area (Å²) >= 11 is 0. The Morgan fingerprint density at radius 1 is 0.811 bits per heavy atom. The zero-order valence-electron chi connectivity index (χ0n) is 21.0. The van der Waals surface area contributed by atoms with Crippen molar-refractivity contribution in [1.29, 1.82) is 0 Å². The van der Waals surface area contributed by atoms with Crippen LogP contribution in [-0.4, -0.2) is 47.4 Å². The number of ketones is 2. The lowest BCUT2D eigenvalue weighted by Gasteiger charge is -2.22. The third-order valence-corrected chi connectivity index (χ3v) is 6.91. The van der Waals surface area contributed by atoms with E-state index in [1.54, 1.807) is 42.5 Å². The van der Waals surface area contributed by atoms with Gasteiger partial charge in [0.1, 0.15) is 0 Å². The minimum atomic E-state index is -0.226. The van der Waals surface area contributed by atoms with Gasteiger partial charge < -0.3 is 10.6 Å². The van der Waals surface area contributed by atoms with Crippen LogP contribution in [0.1, 0.15) is 62.2 Å². The maximum atomic E-state index is 13.0. The van der Waals surface area contributed by atoms with Gasteiger partial charge in [-0.15, -0.1) is 0 Å². The molecule has 5 rings (SSSR count). The first kappa shape index (κ1) is 24.6. The Labute approximate surface area is 215 Å². The van der Waals surface area contributed by atoms with Gasteiger partial charge in [-0.2, -0.15) is 0 Å². The summed E-state index contributed by atoms with van der Waals surface area (Å²) in [6.45, 7) is 4.62. The standard InChI is InChI=1S/C30H29N3O4/c1-18-7-8-19(2)26(15-18)32-28(35)17-33(21-10-11-21)14-13-27(34)31-20-9-12-24-25(16-20)30(37)23-6-4-3-5-22(23)29(24)36/h3-9,12,15-16,21H,10-11,13-14,17H2,1-2H3,(H,31,34)(H,32,35). The van der Waals surface area contributed by atoms with Gasteiger partial charge in [0.25, 0.3) is 0 Å². The van der Waals surface area contributed by atoms with E-state index in [0.717, 1.165) is 29.7 Å². The first-order chi connectivity index (χ1) is 17.8. The topological polar surface area (TPSA) is 95.6 Å². The molecule has 2 aliphatic rings. The molecule has 0 atom stereocenters. The first-order valence-electron chi connectivity index (χ1n) is 12.5. The Morgan fingerprint density at radius 2 is 1.49 bits per heavy atom. The van der Waals surface area contributed by atoms with Gasteiger partial charge in [-0.1, -0.05) is 36.4 Å². The summed E-state index contributed by atoms with van der Waals surface area (Å²) in [5.74, 6) is -0.729. The van der Waals surface area contributed by atoms with Crippen LogP contribution in [0.3, 0.4) is 0 Å². The number of rotatable bonds is 8. The molecule has 1 saturated carbocycles. The van der Waals surface area contributed by atoms with E-state index in [4.69, 9.17) is 0 Å². The first-order valence-corrected chi connectivity index (χ1v) is 12.5. The van der Waals surface area contributed by atoms with Gasteiger partial charge in [-0.25, -0.2) is 0 Å². The fraction of sp³-hybridized carbons (Fsp3) is 0.267. The van der Waals surface area contributed by atoms with E-state index in [9.17, 15) is 19.2 Å². The van der Waals surface area contributed by atoms with E-state index in [2.05, 4.69) is 10.6 Å². The predicted octanol–water partition coefficient (Wildman–Crippen LogP) is 4.51. The SMILES string of the molecule is Cc1ccc(C)c(NC(=O)CN(CCC(=O)Nc2ccc3c(c2)C(=O)c2ccccc2C3=O)C2CC2)c1. The summed E-state index contributed by atoms with van der Waals surface area (Å²) in [5.41, 5.74) is 4.78. The minimum Gasteiger partial charge on any atom is -0.326 e. The second kappa shape index (κ2) is 10.1. The summed E-state index contributed by atoms with van der Waals surface area (Å²) in [6, 6.07) is 17.8.